The summed E-state index contributed by atoms with van der Waals surface area (Å²) in [7, 11) is 1.81. The first-order chi connectivity index (χ1) is 3.18. The topological polar surface area (TPSA) is 3.24 Å². The zero-order valence-corrected chi connectivity index (χ0v) is 6.74. The molecular weight excluding hydrogens is 146 g/mol. The van der Waals surface area contributed by atoms with E-state index in [4.69, 9.17) is 12.2 Å². The van der Waals surface area contributed by atoms with E-state index in [2.05, 4.69) is 12.8 Å². The molecule has 0 aromatic carbocycles. The molecule has 1 nitrogen and oxygen atoms in total. The van der Waals surface area contributed by atoms with Crippen LogP contribution in [0.1, 0.15) is 0 Å². The smallest absolute Gasteiger partial charge is 0.145 e. The normalized spacial score (nSPS) is 8.43. The van der Waals surface area contributed by atoms with Gasteiger partial charge in [0.25, 0.3) is 0 Å². The summed E-state index contributed by atoms with van der Waals surface area (Å²) < 4.78 is 2.41. The lowest BCUT2D eigenvalue weighted by Crippen LogP contribution is -2.08. The Bertz CT molecular complexity index is 70.6. The summed E-state index contributed by atoms with van der Waals surface area (Å²) in [5.41, 5.74) is 0. The van der Waals surface area contributed by atoms with E-state index in [1.165, 1.54) is 11.8 Å². The van der Waals surface area contributed by atoms with Gasteiger partial charge in [0.1, 0.15) is 4.32 Å². The van der Waals surface area contributed by atoms with Gasteiger partial charge in [-0.15, -0.1) is 0 Å². The maximum atomic E-state index is 4.79. The Labute approximate surface area is 59.0 Å². The molecule has 4 heteroatoms. The predicted octanol–water partition coefficient (Wildman–Crippen LogP) is 1.41. The second kappa shape index (κ2) is 3.57. The Morgan fingerprint density at radius 2 is 2.29 bits per heavy atom. The van der Waals surface area contributed by atoms with Crippen LogP contribution in [0.25, 0.3) is 0 Å². The van der Waals surface area contributed by atoms with Crippen LogP contribution in [0.5, 0.6) is 0 Å². The van der Waals surface area contributed by atoms with Crippen molar-refractivity contribution in [3.05, 3.63) is 0 Å². The summed E-state index contributed by atoms with van der Waals surface area (Å²) in [4.78, 5) is 0. The molecular formula is C3H7NS3. The minimum Gasteiger partial charge on any atom is -0.307 e. The molecule has 0 heterocycles. The van der Waals surface area contributed by atoms with Crippen LogP contribution in [-0.4, -0.2) is 21.9 Å². The molecule has 0 amide bonds. The highest BCUT2D eigenvalue weighted by molar-refractivity contribution is 8.23. The van der Waals surface area contributed by atoms with Crippen molar-refractivity contribution >= 4 is 41.1 Å². The average Bonchev–Trinajstić information content (AvgIpc) is 1.65. The standard InChI is InChI=1S/C3H7NS3/c1-4(6)3(5)7-2/h6H,1-2H3. The number of thioether (sulfide) groups is 1. The maximum Gasteiger partial charge on any atom is 0.145 e. The summed E-state index contributed by atoms with van der Waals surface area (Å²) in [6.45, 7) is 0. The van der Waals surface area contributed by atoms with Crippen molar-refractivity contribution in [2.45, 2.75) is 0 Å². The van der Waals surface area contributed by atoms with Gasteiger partial charge in [0, 0.05) is 7.05 Å². The van der Waals surface area contributed by atoms with E-state index in [9.17, 15) is 0 Å². The highest BCUT2D eigenvalue weighted by atomic mass is 32.2. The summed E-state index contributed by atoms with van der Waals surface area (Å²) >= 11 is 10.2. The Balaban J connectivity index is 3.35. The van der Waals surface area contributed by atoms with E-state index in [1.54, 1.807) is 4.31 Å². The minimum atomic E-state index is 0.795. The summed E-state index contributed by atoms with van der Waals surface area (Å²) in [5.74, 6) is 0. The van der Waals surface area contributed by atoms with Crippen LogP contribution in [-0.2, 0) is 0 Å². The first-order valence-corrected chi connectivity index (χ1v) is 3.72. The largest absolute Gasteiger partial charge is 0.307 e. The first kappa shape index (κ1) is 7.59. The van der Waals surface area contributed by atoms with Gasteiger partial charge in [-0.1, -0.05) is 36.8 Å². The fourth-order valence-corrected chi connectivity index (χ4v) is 0.641. The van der Waals surface area contributed by atoms with E-state index in [1.807, 2.05) is 13.3 Å². The lowest BCUT2D eigenvalue weighted by molar-refractivity contribution is 0.894. The average molecular weight is 153 g/mol. The van der Waals surface area contributed by atoms with E-state index < -0.39 is 0 Å². The van der Waals surface area contributed by atoms with Gasteiger partial charge in [0.15, 0.2) is 0 Å². The second-order valence-corrected chi connectivity index (χ2v) is 3.03. The Kier molecular flexibility index (Phi) is 3.88. The monoisotopic (exact) mass is 153 g/mol. The molecule has 0 rings (SSSR count). The number of thiocarbonyl (C=S) groups is 1. The zero-order chi connectivity index (χ0) is 5.86. The number of hydrogen-bond donors (Lipinski definition) is 1. The van der Waals surface area contributed by atoms with E-state index in [-0.39, 0.29) is 0 Å². The summed E-state index contributed by atoms with van der Waals surface area (Å²) in [5, 5.41) is 0. The van der Waals surface area contributed by atoms with Crippen LogP contribution >= 0.6 is 36.8 Å². The maximum absolute atomic E-state index is 4.79. The van der Waals surface area contributed by atoms with Crippen molar-refractivity contribution in [2.24, 2.45) is 0 Å². The summed E-state index contributed by atoms with van der Waals surface area (Å²) in [6, 6.07) is 0. The third-order valence-electron chi connectivity index (χ3n) is 0.439. The van der Waals surface area contributed by atoms with Crippen molar-refractivity contribution in [3.8, 4) is 0 Å². The molecule has 0 unspecified atom stereocenters. The molecule has 0 saturated heterocycles. The predicted molar refractivity (Wildman–Crippen MR) is 42.9 cm³/mol. The lowest BCUT2D eigenvalue weighted by atomic mass is 11.2. The number of thiol groups is 1. The molecule has 0 N–H and O–H groups in total. The van der Waals surface area contributed by atoms with Crippen LogP contribution in [0.15, 0.2) is 0 Å². The van der Waals surface area contributed by atoms with Crippen LogP contribution in [0.2, 0.25) is 0 Å². The molecule has 0 aliphatic rings. The lowest BCUT2D eigenvalue weighted by Gasteiger charge is -2.06. The van der Waals surface area contributed by atoms with E-state index in [0.29, 0.717) is 0 Å². The van der Waals surface area contributed by atoms with Crippen LogP contribution in [0.3, 0.4) is 0 Å². The highest BCUT2D eigenvalue weighted by Gasteiger charge is 1.92. The molecule has 0 fully saturated rings. The van der Waals surface area contributed by atoms with Crippen molar-refractivity contribution in [2.75, 3.05) is 13.3 Å². The van der Waals surface area contributed by atoms with Gasteiger partial charge in [-0.3, -0.25) is 0 Å². The quantitative estimate of drug-likeness (QED) is 0.414. The van der Waals surface area contributed by atoms with Crippen molar-refractivity contribution in [1.29, 1.82) is 0 Å². The molecule has 7 heavy (non-hydrogen) atoms. The first-order valence-electron chi connectivity index (χ1n) is 1.69. The van der Waals surface area contributed by atoms with Crippen LogP contribution in [0.4, 0.5) is 0 Å². The van der Waals surface area contributed by atoms with Gasteiger partial charge < -0.3 is 4.31 Å². The van der Waals surface area contributed by atoms with E-state index in [0.717, 1.165) is 4.32 Å². The molecule has 0 aromatic rings. The van der Waals surface area contributed by atoms with Gasteiger partial charge in [-0.05, 0) is 6.26 Å². The molecule has 0 bridgehead atoms. The van der Waals surface area contributed by atoms with Crippen molar-refractivity contribution < 1.29 is 0 Å². The molecule has 0 aliphatic heterocycles. The molecule has 0 aliphatic carbocycles. The van der Waals surface area contributed by atoms with Gasteiger partial charge in [0.05, 0.1) is 0 Å². The SMILES string of the molecule is CSC(=S)N(C)S. The molecule has 42 valence electrons. The number of hydrogen-bond acceptors (Lipinski definition) is 3. The zero-order valence-electron chi connectivity index (χ0n) is 4.21. The number of nitrogens with zero attached hydrogens (tertiary/aromatic N) is 1. The fraction of sp³-hybridized carbons (Fsp3) is 0.667. The van der Waals surface area contributed by atoms with Crippen LogP contribution in [0, 0.1) is 0 Å². The molecule has 0 radical (unpaired) electrons. The highest BCUT2D eigenvalue weighted by Crippen LogP contribution is 2.03. The molecule has 0 aromatic heterocycles. The van der Waals surface area contributed by atoms with Gasteiger partial charge in [-0.25, -0.2) is 0 Å². The fourth-order valence-electron chi connectivity index (χ4n) is 0.132. The van der Waals surface area contributed by atoms with Gasteiger partial charge in [-0.2, -0.15) is 0 Å². The Hall–Kier alpha value is 0.590. The summed E-state index contributed by atoms with van der Waals surface area (Å²) in [6.07, 6.45) is 1.93. The third kappa shape index (κ3) is 3.20. The molecule has 0 saturated carbocycles. The van der Waals surface area contributed by atoms with Gasteiger partial charge in [0.2, 0.25) is 0 Å². The van der Waals surface area contributed by atoms with Crippen molar-refractivity contribution in [1.82, 2.24) is 4.31 Å². The second-order valence-electron chi connectivity index (χ2n) is 0.994. The minimum absolute atomic E-state index is 0.795. The van der Waals surface area contributed by atoms with E-state index >= 15 is 0 Å². The number of rotatable bonds is 0. The third-order valence-corrected chi connectivity index (χ3v) is 2.31. The molecule has 0 spiro atoms. The van der Waals surface area contributed by atoms with Gasteiger partial charge >= 0.3 is 0 Å². The van der Waals surface area contributed by atoms with Crippen LogP contribution < -0.4 is 0 Å². The van der Waals surface area contributed by atoms with Crippen molar-refractivity contribution in [3.63, 3.8) is 0 Å². The molecule has 0 atom stereocenters. The Morgan fingerprint density at radius 1 is 1.86 bits per heavy atom. The Morgan fingerprint density at radius 3 is 2.29 bits per heavy atom.